The SMILES string of the molecule is O=C(CCN1C(=O)CSc2ccccc21)NCCc1cccc2cccnc12. The van der Waals surface area contributed by atoms with E-state index < -0.39 is 0 Å². The van der Waals surface area contributed by atoms with E-state index in [-0.39, 0.29) is 11.8 Å². The molecule has 0 fully saturated rings. The van der Waals surface area contributed by atoms with Crippen LogP contribution < -0.4 is 10.2 Å². The molecule has 1 aliphatic rings. The molecule has 6 heteroatoms. The van der Waals surface area contributed by atoms with Crippen molar-refractivity contribution in [1.82, 2.24) is 10.3 Å². The minimum absolute atomic E-state index is 0.0447. The van der Waals surface area contributed by atoms with Gasteiger partial charge in [-0.15, -0.1) is 11.8 Å². The van der Waals surface area contributed by atoms with E-state index in [2.05, 4.69) is 10.3 Å². The van der Waals surface area contributed by atoms with Crippen molar-refractivity contribution >= 4 is 40.2 Å². The molecule has 28 heavy (non-hydrogen) atoms. The van der Waals surface area contributed by atoms with E-state index in [4.69, 9.17) is 0 Å². The fourth-order valence-corrected chi connectivity index (χ4v) is 4.34. The maximum atomic E-state index is 12.3. The molecule has 0 unspecified atom stereocenters. The van der Waals surface area contributed by atoms with Crippen molar-refractivity contribution < 1.29 is 9.59 Å². The summed E-state index contributed by atoms with van der Waals surface area (Å²) >= 11 is 1.55. The van der Waals surface area contributed by atoms with E-state index in [1.54, 1.807) is 22.9 Å². The summed E-state index contributed by atoms with van der Waals surface area (Å²) in [6.45, 7) is 0.951. The van der Waals surface area contributed by atoms with Crippen LogP contribution in [0.4, 0.5) is 5.69 Å². The van der Waals surface area contributed by atoms with E-state index in [1.165, 1.54) is 0 Å². The molecule has 1 aliphatic heterocycles. The number of aromatic nitrogens is 1. The maximum Gasteiger partial charge on any atom is 0.237 e. The molecule has 5 nitrogen and oxygen atoms in total. The van der Waals surface area contributed by atoms with Crippen LogP contribution in [0.5, 0.6) is 0 Å². The highest BCUT2D eigenvalue weighted by Gasteiger charge is 2.24. The Morgan fingerprint density at radius 2 is 1.96 bits per heavy atom. The van der Waals surface area contributed by atoms with Gasteiger partial charge in [-0.25, -0.2) is 0 Å². The van der Waals surface area contributed by atoms with E-state index in [9.17, 15) is 9.59 Å². The molecule has 2 aromatic carbocycles. The number of amides is 2. The van der Waals surface area contributed by atoms with E-state index in [1.807, 2.05) is 54.6 Å². The van der Waals surface area contributed by atoms with Crippen molar-refractivity contribution in [2.75, 3.05) is 23.7 Å². The Kier molecular flexibility index (Phi) is 5.58. The van der Waals surface area contributed by atoms with Crippen LogP contribution in [0.2, 0.25) is 0 Å². The average molecular weight is 391 g/mol. The number of nitrogens with one attached hydrogen (secondary N) is 1. The summed E-state index contributed by atoms with van der Waals surface area (Å²) in [6, 6.07) is 17.9. The minimum Gasteiger partial charge on any atom is -0.356 e. The molecule has 0 spiro atoms. The Hall–Kier alpha value is -2.86. The van der Waals surface area contributed by atoms with Crippen molar-refractivity contribution in [3.63, 3.8) is 0 Å². The number of carbonyl (C=O) groups excluding carboxylic acids is 2. The van der Waals surface area contributed by atoms with Gasteiger partial charge in [-0.3, -0.25) is 14.6 Å². The number of rotatable bonds is 6. The van der Waals surface area contributed by atoms with Crippen LogP contribution in [0.3, 0.4) is 0 Å². The van der Waals surface area contributed by atoms with Crippen LogP contribution in [0.25, 0.3) is 10.9 Å². The first-order valence-electron chi connectivity index (χ1n) is 9.34. The van der Waals surface area contributed by atoms with Crippen LogP contribution in [-0.4, -0.2) is 35.6 Å². The Morgan fingerprint density at radius 3 is 2.89 bits per heavy atom. The number of benzene rings is 2. The monoisotopic (exact) mass is 391 g/mol. The van der Waals surface area contributed by atoms with Crippen molar-refractivity contribution in [1.29, 1.82) is 0 Å². The highest BCUT2D eigenvalue weighted by atomic mass is 32.2. The second-order valence-electron chi connectivity index (χ2n) is 6.64. The van der Waals surface area contributed by atoms with Crippen molar-refractivity contribution in [2.45, 2.75) is 17.7 Å². The lowest BCUT2D eigenvalue weighted by Gasteiger charge is -2.28. The molecule has 1 aromatic heterocycles. The normalized spacial score (nSPS) is 13.4. The molecule has 0 bridgehead atoms. The standard InChI is InChI=1S/C22H21N3O2S/c26-20(11-14-25-18-8-1-2-9-19(18)28-15-21(25)27)23-13-10-17-6-3-5-16-7-4-12-24-22(16)17/h1-9,12H,10-11,13-15H2,(H,23,26). The second kappa shape index (κ2) is 8.44. The summed E-state index contributed by atoms with van der Waals surface area (Å²) in [5, 5.41) is 4.07. The van der Waals surface area contributed by atoms with Gasteiger partial charge in [-0.2, -0.15) is 0 Å². The summed E-state index contributed by atoms with van der Waals surface area (Å²) in [5.41, 5.74) is 3.00. The Morgan fingerprint density at radius 1 is 1.11 bits per heavy atom. The van der Waals surface area contributed by atoms with Gasteiger partial charge in [0.25, 0.3) is 0 Å². The molecule has 4 rings (SSSR count). The van der Waals surface area contributed by atoms with Gasteiger partial charge >= 0.3 is 0 Å². The summed E-state index contributed by atoms with van der Waals surface area (Å²) < 4.78 is 0. The Bertz CT molecular complexity index is 1020. The van der Waals surface area contributed by atoms with Crippen molar-refractivity contribution in [3.05, 3.63) is 66.4 Å². The average Bonchev–Trinajstić information content (AvgIpc) is 2.73. The first-order chi connectivity index (χ1) is 13.7. The molecule has 0 radical (unpaired) electrons. The second-order valence-corrected chi connectivity index (χ2v) is 7.66. The predicted molar refractivity (Wildman–Crippen MR) is 113 cm³/mol. The first kappa shape index (κ1) is 18.5. The van der Waals surface area contributed by atoms with Crippen molar-refractivity contribution in [2.24, 2.45) is 0 Å². The number of hydrogen-bond acceptors (Lipinski definition) is 4. The smallest absolute Gasteiger partial charge is 0.237 e. The van der Waals surface area contributed by atoms with E-state index in [0.717, 1.165) is 33.5 Å². The van der Waals surface area contributed by atoms with Gasteiger partial charge < -0.3 is 10.2 Å². The third-order valence-electron chi connectivity index (χ3n) is 4.80. The van der Waals surface area contributed by atoms with Crippen LogP contribution in [0.15, 0.2) is 65.7 Å². The number of carbonyl (C=O) groups is 2. The van der Waals surface area contributed by atoms with Gasteiger partial charge in [0.2, 0.25) is 11.8 Å². The van der Waals surface area contributed by atoms with Gasteiger partial charge in [-0.1, -0.05) is 36.4 Å². The molecule has 0 atom stereocenters. The van der Waals surface area contributed by atoms with Gasteiger partial charge in [0.05, 0.1) is 17.0 Å². The minimum atomic E-state index is -0.0447. The Labute approximate surface area is 168 Å². The molecule has 142 valence electrons. The molecule has 0 saturated heterocycles. The van der Waals surface area contributed by atoms with Crippen LogP contribution in [0.1, 0.15) is 12.0 Å². The highest BCUT2D eigenvalue weighted by molar-refractivity contribution is 8.00. The molecule has 2 heterocycles. The molecule has 0 saturated carbocycles. The number of nitrogens with zero attached hydrogens (tertiary/aromatic N) is 2. The fourth-order valence-electron chi connectivity index (χ4n) is 3.41. The molecule has 0 aliphatic carbocycles. The summed E-state index contributed by atoms with van der Waals surface area (Å²) in [4.78, 5) is 31.8. The lowest BCUT2D eigenvalue weighted by Crippen LogP contribution is -2.38. The zero-order valence-electron chi connectivity index (χ0n) is 15.4. The predicted octanol–water partition coefficient (Wildman–Crippen LogP) is 3.42. The zero-order chi connectivity index (χ0) is 19.3. The number of fused-ring (bicyclic) bond motifs is 2. The topological polar surface area (TPSA) is 62.3 Å². The number of pyridine rings is 1. The third kappa shape index (κ3) is 4.02. The third-order valence-corrected chi connectivity index (χ3v) is 5.85. The van der Waals surface area contributed by atoms with Crippen LogP contribution >= 0.6 is 11.8 Å². The quantitative estimate of drug-likeness (QED) is 0.699. The highest BCUT2D eigenvalue weighted by Crippen LogP contribution is 2.34. The lowest BCUT2D eigenvalue weighted by atomic mass is 10.1. The van der Waals surface area contributed by atoms with E-state index in [0.29, 0.717) is 25.3 Å². The number of thioether (sulfide) groups is 1. The molecule has 2 amide bonds. The van der Waals surface area contributed by atoms with Gasteiger partial charge in [0, 0.05) is 36.0 Å². The molecule has 3 aromatic rings. The van der Waals surface area contributed by atoms with Crippen molar-refractivity contribution in [3.8, 4) is 0 Å². The molecular weight excluding hydrogens is 370 g/mol. The van der Waals surface area contributed by atoms with Gasteiger partial charge in [0.15, 0.2) is 0 Å². The maximum absolute atomic E-state index is 12.3. The number of para-hydroxylation sites is 2. The van der Waals surface area contributed by atoms with Crippen LogP contribution in [0, 0.1) is 0 Å². The lowest BCUT2D eigenvalue weighted by molar-refractivity contribution is -0.121. The molecular formula is C22H21N3O2S. The van der Waals surface area contributed by atoms with Gasteiger partial charge in [-0.05, 0) is 30.2 Å². The molecule has 1 N–H and O–H groups in total. The Balaban J connectivity index is 1.31. The van der Waals surface area contributed by atoms with Crippen LogP contribution in [-0.2, 0) is 16.0 Å². The first-order valence-corrected chi connectivity index (χ1v) is 10.3. The van der Waals surface area contributed by atoms with Gasteiger partial charge in [0.1, 0.15) is 0 Å². The fraction of sp³-hybridized carbons (Fsp3) is 0.227. The summed E-state index contributed by atoms with van der Waals surface area (Å²) in [5.74, 6) is 0.433. The summed E-state index contributed by atoms with van der Waals surface area (Å²) in [7, 11) is 0. The van der Waals surface area contributed by atoms with E-state index >= 15 is 0 Å². The number of hydrogen-bond donors (Lipinski definition) is 1. The summed E-state index contributed by atoms with van der Waals surface area (Å²) in [6.07, 6.45) is 2.80. The largest absolute Gasteiger partial charge is 0.356 e. The zero-order valence-corrected chi connectivity index (χ0v) is 16.2. The number of anilines is 1.